The highest BCUT2D eigenvalue weighted by atomic mass is 14.6. The van der Waals surface area contributed by atoms with E-state index < -0.39 is 0 Å². The molecule has 0 radical (unpaired) electrons. The highest BCUT2D eigenvalue weighted by Crippen LogP contribution is 2.66. The first-order valence-electron chi connectivity index (χ1n) is 4.91. The molecule has 3 aliphatic rings. The van der Waals surface area contributed by atoms with E-state index in [4.69, 9.17) is 0 Å². The van der Waals surface area contributed by atoms with Gasteiger partial charge in [0.2, 0.25) is 0 Å². The van der Waals surface area contributed by atoms with Gasteiger partial charge in [0.15, 0.2) is 0 Å². The average Bonchev–Trinajstić information content (AvgIpc) is 2.15. The molecule has 0 aliphatic heterocycles. The fourth-order valence-electron chi connectivity index (χ4n) is 3.94. The van der Waals surface area contributed by atoms with Gasteiger partial charge in [-0.2, -0.15) is 0 Å². The Balaban J connectivity index is 1.96. The van der Waals surface area contributed by atoms with E-state index in [0.717, 1.165) is 5.41 Å². The summed E-state index contributed by atoms with van der Waals surface area (Å²) in [6.45, 7) is 0. The number of hydrogen-bond acceptors (Lipinski definition) is 0. The first-order chi connectivity index (χ1) is 4.91. The molecule has 3 aliphatic carbocycles. The van der Waals surface area contributed by atoms with Gasteiger partial charge in [-0.1, -0.05) is 12.8 Å². The highest BCUT2D eigenvalue weighted by Gasteiger charge is 2.55. The van der Waals surface area contributed by atoms with Crippen LogP contribution in [0.25, 0.3) is 0 Å². The van der Waals surface area contributed by atoms with Gasteiger partial charge in [-0.15, -0.1) is 0 Å². The van der Waals surface area contributed by atoms with E-state index >= 15 is 0 Å². The molecule has 0 nitrogen and oxygen atoms in total. The van der Waals surface area contributed by atoms with Crippen LogP contribution in [0.15, 0.2) is 0 Å². The molecule has 0 amide bonds. The maximum atomic E-state index is 1.60. The summed E-state index contributed by atoms with van der Waals surface area (Å²) in [5.74, 6) is 2.39. The van der Waals surface area contributed by atoms with Crippen LogP contribution in [0.2, 0.25) is 0 Å². The van der Waals surface area contributed by atoms with E-state index in [9.17, 15) is 0 Å². The van der Waals surface area contributed by atoms with Crippen molar-refractivity contribution in [3.8, 4) is 0 Å². The predicted molar refractivity (Wildman–Crippen MR) is 41.7 cm³/mol. The van der Waals surface area contributed by atoms with Gasteiger partial charge in [-0.25, -0.2) is 0 Å². The Labute approximate surface area is 63.0 Å². The molecule has 0 aromatic carbocycles. The van der Waals surface area contributed by atoms with Gasteiger partial charge in [-0.3, -0.25) is 0 Å². The normalized spacial score (nSPS) is 57.6. The average molecular weight is 136 g/mol. The van der Waals surface area contributed by atoms with Crippen molar-refractivity contribution in [3.05, 3.63) is 0 Å². The fraction of sp³-hybridized carbons (Fsp3) is 1.00. The zero-order valence-corrected chi connectivity index (χ0v) is 6.60. The Bertz CT molecular complexity index is 157. The minimum atomic E-state index is 0.933. The summed E-state index contributed by atoms with van der Waals surface area (Å²) in [5.41, 5.74) is 0.933. The second kappa shape index (κ2) is 1.60. The Morgan fingerprint density at radius 2 is 1.80 bits per heavy atom. The highest BCUT2D eigenvalue weighted by molar-refractivity contribution is 5.05. The van der Waals surface area contributed by atoms with E-state index in [1.165, 1.54) is 11.8 Å². The maximum absolute atomic E-state index is 1.60. The van der Waals surface area contributed by atoms with Crippen molar-refractivity contribution in [1.29, 1.82) is 0 Å². The van der Waals surface area contributed by atoms with Gasteiger partial charge in [-0.05, 0) is 49.4 Å². The van der Waals surface area contributed by atoms with Gasteiger partial charge < -0.3 is 0 Å². The van der Waals surface area contributed by atoms with Crippen molar-refractivity contribution in [2.45, 2.75) is 44.9 Å². The van der Waals surface area contributed by atoms with Gasteiger partial charge in [0.1, 0.15) is 0 Å². The summed E-state index contributed by atoms with van der Waals surface area (Å²) < 4.78 is 0. The molecule has 0 N–H and O–H groups in total. The molecule has 3 unspecified atom stereocenters. The summed E-state index contributed by atoms with van der Waals surface area (Å²) in [4.78, 5) is 0. The maximum Gasteiger partial charge on any atom is -0.0266 e. The van der Waals surface area contributed by atoms with Crippen molar-refractivity contribution in [1.82, 2.24) is 0 Å². The lowest BCUT2D eigenvalue weighted by Gasteiger charge is -2.50. The van der Waals surface area contributed by atoms with Crippen LogP contribution in [0.1, 0.15) is 44.9 Å². The molecule has 0 spiro atoms. The lowest BCUT2D eigenvalue weighted by Crippen LogP contribution is -2.40. The molecular formula is C10H16. The molecule has 3 atom stereocenters. The van der Waals surface area contributed by atoms with Gasteiger partial charge in [0, 0.05) is 0 Å². The predicted octanol–water partition coefficient (Wildman–Crippen LogP) is 2.98. The summed E-state index contributed by atoms with van der Waals surface area (Å²) in [6.07, 6.45) is 11.1. The van der Waals surface area contributed by atoms with Gasteiger partial charge in [0.25, 0.3) is 0 Å². The largest absolute Gasteiger partial charge is 0.0525 e. The van der Waals surface area contributed by atoms with E-state index in [2.05, 4.69) is 0 Å². The summed E-state index contributed by atoms with van der Waals surface area (Å²) in [5, 5.41) is 0. The molecule has 3 rings (SSSR count). The van der Waals surface area contributed by atoms with Crippen LogP contribution in [0, 0.1) is 17.3 Å². The molecule has 0 heterocycles. The Morgan fingerprint density at radius 3 is 2.40 bits per heavy atom. The van der Waals surface area contributed by atoms with Gasteiger partial charge >= 0.3 is 0 Å². The first-order valence-corrected chi connectivity index (χ1v) is 4.91. The SMILES string of the molecule is C1CC2CCC3(C1)CCC23. The van der Waals surface area contributed by atoms with E-state index in [0.29, 0.717) is 0 Å². The first kappa shape index (κ1) is 5.62. The van der Waals surface area contributed by atoms with Crippen LogP contribution in [0.4, 0.5) is 0 Å². The molecule has 10 heavy (non-hydrogen) atoms. The molecule has 0 aromatic heterocycles. The van der Waals surface area contributed by atoms with Crippen LogP contribution in [0.3, 0.4) is 0 Å². The zero-order chi connectivity index (χ0) is 6.60. The molecular weight excluding hydrogens is 120 g/mol. The number of hydrogen-bond donors (Lipinski definition) is 0. The third-order valence-electron chi connectivity index (χ3n) is 4.57. The smallest absolute Gasteiger partial charge is 0.0266 e. The van der Waals surface area contributed by atoms with Crippen molar-refractivity contribution in [3.63, 3.8) is 0 Å². The van der Waals surface area contributed by atoms with Gasteiger partial charge in [0.05, 0.1) is 0 Å². The van der Waals surface area contributed by atoms with Crippen LogP contribution < -0.4 is 0 Å². The van der Waals surface area contributed by atoms with E-state index in [1.807, 2.05) is 0 Å². The lowest BCUT2D eigenvalue weighted by atomic mass is 9.55. The monoisotopic (exact) mass is 136 g/mol. The summed E-state index contributed by atoms with van der Waals surface area (Å²) in [6, 6.07) is 0. The molecule has 2 bridgehead atoms. The standard InChI is InChI=1S/C10H16/c1-2-8-3-6-10(5-1)7-4-9(8)10/h8-9H,1-7H2. The van der Waals surface area contributed by atoms with E-state index in [1.54, 1.807) is 44.9 Å². The van der Waals surface area contributed by atoms with Crippen molar-refractivity contribution >= 4 is 0 Å². The van der Waals surface area contributed by atoms with Crippen molar-refractivity contribution < 1.29 is 0 Å². The molecule has 0 saturated heterocycles. The zero-order valence-electron chi connectivity index (χ0n) is 6.60. The topological polar surface area (TPSA) is 0 Å². The Morgan fingerprint density at radius 1 is 0.900 bits per heavy atom. The fourth-order valence-corrected chi connectivity index (χ4v) is 3.94. The minimum Gasteiger partial charge on any atom is -0.0525 e. The van der Waals surface area contributed by atoms with Crippen LogP contribution in [-0.4, -0.2) is 0 Å². The molecule has 0 aromatic rings. The lowest BCUT2D eigenvalue weighted by molar-refractivity contribution is -0.000981. The van der Waals surface area contributed by atoms with E-state index in [-0.39, 0.29) is 0 Å². The quantitative estimate of drug-likeness (QED) is 0.480. The summed E-state index contributed by atoms with van der Waals surface area (Å²) in [7, 11) is 0. The second-order valence-electron chi connectivity index (χ2n) is 4.70. The van der Waals surface area contributed by atoms with Crippen molar-refractivity contribution in [2.24, 2.45) is 17.3 Å². The van der Waals surface area contributed by atoms with Crippen molar-refractivity contribution in [2.75, 3.05) is 0 Å². The minimum absolute atomic E-state index is 0.933. The van der Waals surface area contributed by atoms with Crippen LogP contribution in [-0.2, 0) is 0 Å². The molecule has 3 saturated carbocycles. The molecule has 56 valence electrons. The molecule has 0 heteroatoms. The third kappa shape index (κ3) is 0.466. The summed E-state index contributed by atoms with van der Waals surface area (Å²) >= 11 is 0. The second-order valence-corrected chi connectivity index (χ2v) is 4.70. The molecule has 3 fully saturated rings. The van der Waals surface area contributed by atoms with Crippen LogP contribution in [0.5, 0.6) is 0 Å². The van der Waals surface area contributed by atoms with Crippen LogP contribution >= 0.6 is 0 Å². The number of rotatable bonds is 0. The Hall–Kier alpha value is 0. The Kier molecular flexibility index (Phi) is 0.898. The third-order valence-corrected chi connectivity index (χ3v) is 4.57.